The SMILES string of the molecule is Cc1ccc(CN2CCCN(c3ccc(C(=O)Nc4ccc(C)c(C)c4)cc3)C2=O)cc1. The lowest BCUT2D eigenvalue weighted by Gasteiger charge is -2.35. The Morgan fingerprint density at radius 3 is 2.28 bits per heavy atom. The summed E-state index contributed by atoms with van der Waals surface area (Å²) in [5.74, 6) is -0.161. The van der Waals surface area contributed by atoms with Gasteiger partial charge in [-0.25, -0.2) is 4.79 Å². The minimum absolute atomic E-state index is 0.00385. The van der Waals surface area contributed by atoms with Gasteiger partial charge in [0.2, 0.25) is 0 Å². The fourth-order valence-electron chi connectivity index (χ4n) is 3.90. The van der Waals surface area contributed by atoms with Crippen LogP contribution in [0.25, 0.3) is 0 Å². The van der Waals surface area contributed by atoms with Crippen LogP contribution in [0.5, 0.6) is 0 Å². The molecule has 5 heteroatoms. The average molecular weight is 428 g/mol. The average Bonchev–Trinajstić information content (AvgIpc) is 2.79. The van der Waals surface area contributed by atoms with Crippen molar-refractivity contribution in [1.82, 2.24) is 4.90 Å². The molecule has 0 spiro atoms. The van der Waals surface area contributed by atoms with E-state index in [0.29, 0.717) is 18.7 Å². The lowest BCUT2D eigenvalue weighted by atomic mass is 10.1. The second-order valence-corrected chi connectivity index (χ2v) is 8.49. The maximum atomic E-state index is 13.1. The van der Waals surface area contributed by atoms with Crippen LogP contribution in [0.1, 0.15) is 39.0 Å². The molecule has 0 bridgehead atoms. The first-order valence-electron chi connectivity index (χ1n) is 11.0. The van der Waals surface area contributed by atoms with Gasteiger partial charge in [-0.05, 0) is 80.3 Å². The summed E-state index contributed by atoms with van der Waals surface area (Å²) in [5.41, 5.74) is 6.82. The number of carbonyl (C=O) groups excluding carboxylic acids is 2. The van der Waals surface area contributed by atoms with Crippen LogP contribution in [0, 0.1) is 20.8 Å². The molecule has 1 heterocycles. The van der Waals surface area contributed by atoms with Crippen LogP contribution in [-0.4, -0.2) is 29.9 Å². The van der Waals surface area contributed by atoms with Crippen molar-refractivity contribution in [3.8, 4) is 0 Å². The molecule has 0 aliphatic carbocycles. The number of carbonyl (C=O) groups is 2. The van der Waals surface area contributed by atoms with Crippen molar-refractivity contribution in [3.63, 3.8) is 0 Å². The molecule has 0 unspecified atom stereocenters. The van der Waals surface area contributed by atoms with E-state index >= 15 is 0 Å². The maximum Gasteiger partial charge on any atom is 0.324 e. The Morgan fingerprint density at radius 2 is 1.59 bits per heavy atom. The Balaban J connectivity index is 1.43. The van der Waals surface area contributed by atoms with Gasteiger partial charge in [0.25, 0.3) is 5.91 Å². The molecular formula is C27H29N3O2. The Labute approximate surface area is 189 Å². The van der Waals surface area contributed by atoms with Crippen molar-refractivity contribution in [2.45, 2.75) is 33.7 Å². The molecule has 1 saturated heterocycles. The first kappa shape index (κ1) is 21.6. The van der Waals surface area contributed by atoms with Gasteiger partial charge >= 0.3 is 6.03 Å². The highest BCUT2D eigenvalue weighted by Crippen LogP contribution is 2.23. The van der Waals surface area contributed by atoms with Crippen LogP contribution in [0.2, 0.25) is 0 Å². The third-order valence-electron chi connectivity index (χ3n) is 6.01. The molecule has 3 amide bonds. The molecule has 0 radical (unpaired) electrons. The van der Waals surface area contributed by atoms with Gasteiger partial charge in [0.15, 0.2) is 0 Å². The topological polar surface area (TPSA) is 52.6 Å². The van der Waals surface area contributed by atoms with Crippen molar-refractivity contribution in [3.05, 3.63) is 94.5 Å². The molecule has 0 saturated carbocycles. The predicted octanol–water partition coefficient (Wildman–Crippen LogP) is 5.70. The van der Waals surface area contributed by atoms with Gasteiger partial charge in [0.05, 0.1) is 0 Å². The third kappa shape index (κ3) is 4.83. The molecule has 1 aliphatic rings. The smallest absolute Gasteiger partial charge is 0.322 e. The fourth-order valence-corrected chi connectivity index (χ4v) is 3.90. The van der Waals surface area contributed by atoms with E-state index in [-0.39, 0.29) is 11.9 Å². The van der Waals surface area contributed by atoms with Crippen LogP contribution in [0.4, 0.5) is 16.2 Å². The van der Waals surface area contributed by atoms with Crippen LogP contribution < -0.4 is 10.2 Å². The Morgan fingerprint density at radius 1 is 0.875 bits per heavy atom. The number of benzene rings is 3. The molecule has 5 nitrogen and oxygen atoms in total. The molecule has 0 aromatic heterocycles. The predicted molar refractivity (Wildman–Crippen MR) is 129 cm³/mol. The van der Waals surface area contributed by atoms with Crippen molar-refractivity contribution in [2.75, 3.05) is 23.3 Å². The summed E-state index contributed by atoms with van der Waals surface area (Å²) in [6, 6.07) is 21.4. The summed E-state index contributed by atoms with van der Waals surface area (Å²) in [6.07, 6.45) is 0.909. The first-order chi connectivity index (χ1) is 15.4. The summed E-state index contributed by atoms with van der Waals surface area (Å²) < 4.78 is 0. The van der Waals surface area contributed by atoms with E-state index in [9.17, 15) is 9.59 Å². The van der Waals surface area contributed by atoms with E-state index in [0.717, 1.165) is 35.5 Å². The van der Waals surface area contributed by atoms with Crippen molar-refractivity contribution in [2.24, 2.45) is 0 Å². The van der Waals surface area contributed by atoms with Gasteiger partial charge in [-0.3, -0.25) is 9.69 Å². The standard InChI is InChI=1S/C27H29N3O2/c1-19-5-8-22(9-6-19)18-29-15-4-16-30(27(29)32)25-13-10-23(11-14-25)26(31)28-24-12-7-20(2)21(3)17-24/h5-14,17H,4,15-16,18H2,1-3H3,(H,28,31). The lowest BCUT2D eigenvalue weighted by molar-refractivity contribution is 0.102. The van der Waals surface area contributed by atoms with Gasteiger partial charge in [0.1, 0.15) is 0 Å². The number of amides is 3. The van der Waals surface area contributed by atoms with Gasteiger partial charge in [-0.15, -0.1) is 0 Å². The largest absolute Gasteiger partial charge is 0.324 e. The summed E-state index contributed by atoms with van der Waals surface area (Å²) >= 11 is 0. The van der Waals surface area contributed by atoms with Gasteiger partial charge < -0.3 is 10.2 Å². The van der Waals surface area contributed by atoms with Crippen LogP contribution in [0.3, 0.4) is 0 Å². The zero-order chi connectivity index (χ0) is 22.7. The van der Waals surface area contributed by atoms with E-state index in [1.807, 2.05) is 49.1 Å². The Kier molecular flexibility index (Phi) is 6.26. The van der Waals surface area contributed by atoms with Gasteiger partial charge in [0, 0.05) is 36.6 Å². The van der Waals surface area contributed by atoms with Crippen molar-refractivity contribution in [1.29, 1.82) is 0 Å². The van der Waals surface area contributed by atoms with E-state index in [2.05, 4.69) is 36.5 Å². The number of nitrogens with zero attached hydrogens (tertiary/aromatic N) is 2. The molecule has 3 aromatic rings. The number of anilines is 2. The van der Waals surface area contributed by atoms with Crippen molar-refractivity contribution >= 4 is 23.3 Å². The van der Waals surface area contributed by atoms with E-state index in [4.69, 9.17) is 0 Å². The van der Waals surface area contributed by atoms with E-state index in [1.165, 1.54) is 11.1 Å². The minimum atomic E-state index is -0.161. The zero-order valence-corrected chi connectivity index (χ0v) is 18.9. The molecule has 1 fully saturated rings. The molecule has 3 aromatic carbocycles. The van der Waals surface area contributed by atoms with Gasteiger partial charge in [-0.2, -0.15) is 0 Å². The fraction of sp³-hybridized carbons (Fsp3) is 0.259. The van der Waals surface area contributed by atoms with Gasteiger partial charge in [-0.1, -0.05) is 35.9 Å². The quantitative estimate of drug-likeness (QED) is 0.568. The monoisotopic (exact) mass is 427 g/mol. The second kappa shape index (κ2) is 9.27. The minimum Gasteiger partial charge on any atom is -0.322 e. The number of aryl methyl sites for hydroxylation is 3. The maximum absolute atomic E-state index is 13.1. The second-order valence-electron chi connectivity index (χ2n) is 8.49. The highest BCUT2D eigenvalue weighted by Gasteiger charge is 2.26. The molecule has 1 aliphatic heterocycles. The number of hydrogen-bond acceptors (Lipinski definition) is 2. The normalized spacial score (nSPS) is 13.9. The molecule has 32 heavy (non-hydrogen) atoms. The third-order valence-corrected chi connectivity index (χ3v) is 6.01. The summed E-state index contributed by atoms with van der Waals surface area (Å²) in [4.78, 5) is 29.4. The summed E-state index contributed by atoms with van der Waals surface area (Å²) in [6.45, 7) is 8.16. The highest BCUT2D eigenvalue weighted by atomic mass is 16.2. The summed E-state index contributed by atoms with van der Waals surface area (Å²) in [7, 11) is 0. The Bertz CT molecular complexity index is 1120. The number of urea groups is 1. The highest BCUT2D eigenvalue weighted by molar-refractivity contribution is 6.04. The molecule has 0 atom stereocenters. The summed E-state index contributed by atoms with van der Waals surface area (Å²) in [5, 5.41) is 2.94. The van der Waals surface area contributed by atoms with Crippen molar-refractivity contribution < 1.29 is 9.59 Å². The Hall–Kier alpha value is -3.60. The van der Waals surface area contributed by atoms with Crippen LogP contribution in [-0.2, 0) is 6.54 Å². The lowest BCUT2D eigenvalue weighted by Crippen LogP contribution is -2.49. The molecule has 164 valence electrons. The number of nitrogens with one attached hydrogen (secondary N) is 1. The van der Waals surface area contributed by atoms with E-state index < -0.39 is 0 Å². The number of hydrogen-bond donors (Lipinski definition) is 1. The van der Waals surface area contributed by atoms with E-state index in [1.54, 1.807) is 17.0 Å². The number of rotatable bonds is 5. The zero-order valence-electron chi connectivity index (χ0n) is 18.9. The first-order valence-corrected chi connectivity index (χ1v) is 11.0. The van der Waals surface area contributed by atoms with Crippen LogP contribution in [0.15, 0.2) is 66.7 Å². The molecule has 4 rings (SSSR count). The molecular weight excluding hydrogens is 398 g/mol. The molecule has 1 N–H and O–H groups in total. The van der Waals surface area contributed by atoms with Crippen LogP contribution >= 0.6 is 0 Å².